The summed E-state index contributed by atoms with van der Waals surface area (Å²) in [6, 6.07) is 6.93. The minimum absolute atomic E-state index is 0.250. The van der Waals surface area contributed by atoms with Crippen LogP contribution in [0.15, 0.2) is 18.2 Å². The predicted octanol–water partition coefficient (Wildman–Crippen LogP) is 4.19. The molecule has 16 heavy (non-hydrogen) atoms. The van der Waals surface area contributed by atoms with Crippen molar-refractivity contribution < 1.29 is 0 Å². The molecular formula is C14H20IN. The van der Waals surface area contributed by atoms with Crippen LogP contribution in [0.25, 0.3) is 0 Å². The topological polar surface area (TPSA) is 3.24 Å². The first kappa shape index (κ1) is 12.2. The number of hydrogen-bond acceptors (Lipinski definition) is 1. The van der Waals surface area contributed by atoms with E-state index in [1.165, 1.54) is 40.8 Å². The van der Waals surface area contributed by atoms with E-state index in [0.29, 0.717) is 0 Å². The first-order valence-corrected chi connectivity index (χ1v) is 7.11. The molecule has 0 spiro atoms. The van der Waals surface area contributed by atoms with Crippen molar-refractivity contribution in [1.82, 2.24) is 0 Å². The highest BCUT2D eigenvalue weighted by Gasteiger charge is 2.19. The van der Waals surface area contributed by atoms with E-state index in [0.717, 1.165) is 0 Å². The van der Waals surface area contributed by atoms with Gasteiger partial charge in [0, 0.05) is 22.3 Å². The van der Waals surface area contributed by atoms with Crippen molar-refractivity contribution >= 4 is 28.3 Å². The second kappa shape index (κ2) is 4.55. The smallest absolute Gasteiger partial charge is 0.0377 e. The lowest BCUT2D eigenvalue weighted by Crippen LogP contribution is -2.19. The molecule has 1 heterocycles. The Labute approximate surface area is 112 Å². The van der Waals surface area contributed by atoms with Gasteiger partial charge in [0.05, 0.1) is 0 Å². The maximum atomic E-state index is 2.49. The van der Waals surface area contributed by atoms with Crippen molar-refractivity contribution in [2.45, 2.75) is 39.0 Å². The van der Waals surface area contributed by atoms with Crippen LogP contribution in [0, 0.1) is 3.57 Å². The Bertz CT molecular complexity index is 373. The van der Waals surface area contributed by atoms with Crippen LogP contribution in [0.2, 0.25) is 0 Å². The SMILES string of the molecule is CC(C)(C)c1ccc(N2CCCC2)cc1I. The van der Waals surface area contributed by atoms with Crippen molar-refractivity contribution in [3.05, 3.63) is 27.3 Å². The van der Waals surface area contributed by atoms with Crippen molar-refractivity contribution in [3.63, 3.8) is 0 Å². The first-order chi connectivity index (χ1) is 7.48. The molecule has 1 fully saturated rings. The molecule has 0 radical (unpaired) electrons. The highest BCUT2D eigenvalue weighted by atomic mass is 127. The molecule has 2 heteroatoms. The van der Waals surface area contributed by atoms with E-state index in [1.54, 1.807) is 0 Å². The van der Waals surface area contributed by atoms with Crippen LogP contribution >= 0.6 is 22.6 Å². The molecule has 0 amide bonds. The fourth-order valence-electron chi connectivity index (χ4n) is 2.28. The molecule has 1 saturated heterocycles. The summed E-state index contributed by atoms with van der Waals surface area (Å²) in [5, 5.41) is 0. The Morgan fingerprint density at radius 1 is 1.12 bits per heavy atom. The third kappa shape index (κ3) is 2.53. The number of nitrogens with zero attached hydrogens (tertiary/aromatic N) is 1. The van der Waals surface area contributed by atoms with Gasteiger partial charge >= 0.3 is 0 Å². The zero-order valence-corrected chi connectivity index (χ0v) is 12.5. The van der Waals surface area contributed by atoms with Crippen LogP contribution in [0.4, 0.5) is 5.69 Å². The van der Waals surface area contributed by atoms with E-state index < -0.39 is 0 Å². The normalized spacial score (nSPS) is 16.9. The van der Waals surface area contributed by atoms with Gasteiger partial charge in [-0.2, -0.15) is 0 Å². The summed E-state index contributed by atoms with van der Waals surface area (Å²) in [7, 11) is 0. The molecule has 0 bridgehead atoms. The van der Waals surface area contributed by atoms with E-state index in [2.05, 4.69) is 66.5 Å². The lowest BCUT2D eigenvalue weighted by Gasteiger charge is -2.24. The number of hydrogen-bond donors (Lipinski definition) is 0. The molecule has 1 aliphatic rings. The van der Waals surface area contributed by atoms with Gasteiger partial charge in [-0.15, -0.1) is 0 Å². The van der Waals surface area contributed by atoms with Gasteiger partial charge in [-0.3, -0.25) is 0 Å². The van der Waals surface area contributed by atoms with Crippen LogP contribution in [-0.4, -0.2) is 13.1 Å². The molecule has 1 aliphatic heterocycles. The quantitative estimate of drug-likeness (QED) is 0.699. The summed E-state index contributed by atoms with van der Waals surface area (Å²) in [6.07, 6.45) is 2.69. The minimum Gasteiger partial charge on any atom is -0.372 e. The van der Waals surface area contributed by atoms with E-state index in [9.17, 15) is 0 Å². The molecule has 0 unspecified atom stereocenters. The highest BCUT2D eigenvalue weighted by Crippen LogP contribution is 2.31. The van der Waals surface area contributed by atoms with Crippen LogP contribution in [-0.2, 0) is 5.41 Å². The van der Waals surface area contributed by atoms with Gasteiger partial charge in [0.1, 0.15) is 0 Å². The Morgan fingerprint density at radius 3 is 2.25 bits per heavy atom. The third-order valence-electron chi connectivity index (χ3n) is 3.23. The Kier molecular flexibility index (Phi) is 3.48. The second-order valence-electron chi connectivity index (χ2n) is 5.61. The van der Waals surface area contributed by atoms with Crippen LogP contribution in [0.1, 0.15) is 39.2 Å². The number of rotatable bonds is 1. The highest BCUT2D eigenvalue weighted by molar-refractivity contribution is 14.1. The summed E-state index contributed by atoms with van der Waals surface area (Å²) in [5.74, 6) is 0. The molecule has 2 rings (SSSR count). The van der Waals surface area contributed by atoms with E-state index >= 15 is 0 Å². The van der Waals surface area contributed by atoms with Gasteiger partial charge in [0.25, 0.3) is 0 Å². The maximum absolute atomic E-state index is 2.49. The van der Waals surface area contributed by atoms with Gasteiger partial charge in [0.2, 0.25) is 0 Å². The molecule has 0 aromatic heterocycles. The summed E-state index contributed by atoms with van der Waals surface area (Å²) in [4.78, 5) is 2.49. The molecule has 0 aliphatic carbocycles. The number of benzene rings is 1. The molecule has 1 aromatic rings. The molecule has 1 nitrogen and oxygen atoms in total. The van der Waals surface area contributed by atoms with Crippen LogP contribution in [0.3, 0.4) is 0 Å². The van der Waals surface area contributed by atoms with E-state index in [1.807, 2.05) is 0 Å². The zero-order chi connectivity index (χ0) is 11.8. The van der Waals surface area contributed by atoms with Crippen molar-refractivity contribution in [2.75, 3.05) is 18.0 Å². The molecule has 0 atom stereocenters. The molecule has 88 valence electrons. The lowest BCUT2D eigenvalue weighted by atomic mass is 9.87. The van der Waals surface area contributed by atoms with E-state index in [-0.39, 0.29) is 5.41 Å². The van der Waals surface area contributed by atoms with Crippen molar-refractivity contribution in [2.24, 2.45) is 0 Å². The van der Waals surface area contributed by atoms with Gasteiger partial charge in [0.15, 0.2) is 0 Å². The Hall–Kier alpha value is -0.250. The first-order valence-electron chi connectivity index (χ1n) is 6.03. The van der Waals surface area contributed by atoms with Gasteiger partial charge < -0.3 is 4.90 Å². The summed E-state index contributed by atoms with van der Waals surface area (Å²) in [6.45, 7) is 9.29. The van der Waals surface area contributed by atoms with Crippen molar-refractivity contribution in [1.29, 1.82) is 0 Å². The Morgan fingerprint density at radius 2 is 1.75 bits per heavy atom. The van der Waals surface area contributed by atoms with Crippen LogP contribution < -0.4 is 4.90 Å². The predicted molar refractivity (Wildman–Crippen MR) is 79.3 cm³/mol. The van der Waals surface area contributed by atoms with E-state index in [4.69, 9.17) is 0 Å². The largest absolute Gasteiger partial charge is 0.372 e. The average molecular weight is 329 g/mol. The van der Waals surface area contributed by atoms with Gasteiger partial charge in [-0.25, -0.2) is 0 Å². The maximum Gasteiger partial charge on any atom is 0.0377 e. The zero-order valence-electron chi connectivity index (χ0n) is 10.4. The Balaban J connectivity index is 2.29. The monoisotopic (exact) mass is 329 g/mol. The molecular weight excluding hydrogens is 309 g/mol. The standard InChI is InChI=1S/C14H20IN/c1-14(2,3)12-7-6-11(10-13(12)15)16-8-4-5-9-16/h6-7,10H,4-5,8-9H2,1-3H3. The van der Waals surface area contributed by atoms with Crippen molar-refractivity contribution in [3.8, 4) is 0 Å². The molecule has 0 saturated carbocycles. The second-order valence-corrected chi connectivity index (χ2v) is 6.77. The minimum atomic E-state index is 0.250. The average Bonchev–Trinajstić information content (AvgIpc) is 2.68. The van der Waals surface area contributed by atoms with Gasteiger partial charge in [-0.05, 0) is 58.5 Å². The third-order valence-corrected chi connectivity index (χ3v) is 4.12. The van der Waals surface area contributed by atoms with Crippen LogP contribution in [0.5, 0.6) is 0 Å². The molecule has 0 N–H and O–H groups in total. The fraction of sp³-hybridized carbons (Fsp3) is 0.571. The number of anilines is 1. The number of halogens is 1. The van der Waals surface area contributed by atoms with Gasteiger partial charge in [-0.1, -0.05) is 26.8 Å². The summed E-state index contributed by atoms with van der Waals surface area (Å²) >= 11 is 2.47. The fourth-order valence-corrected chi connectivity index (χ4v) is 3.59. The summed E-state index contributed by atoms with van der Waals surface area (Å²) in [5.41, 5.74) is 3.10. The summed E-state index contributed by atoms with van der Waals surface area (Å²) < 4.78 is 1.40. The molecule has 1 aromatic carbocycles. The lowest BCUT2D eigenvalue weighted by molar-refractivity contribution is 0.586.